The zero-order valence-electron chi connectivity index (χ0n) is 47.4. The van der Waals surface area contributed by atoms with E-state index < -0.39 is 29.5 Å². The Hall–Kier alpha value is -7.46. The largest absolute Gasteiger partial charge is 0.507 e. The number of anilines is 4. The summed E-state index contributed by atoms with van der Waals surface area (Å²) in [5, 5.41) is 35.8. The number of phenols is 1. The van der Waals surface area contributed by atoms with E-state index in [2.05, 4.69) is 62.5 Å². The van der Waals surface area contributed by atoms with E-state index in [0.29, 0.717) is 29.6 Å². The number of β-amino-alcohol motifs (C(OH)–C–C–N with tert-alkyl or cyclic N) is 1. The van der Waals surface area contributed by atoms with Crippen LogP contribution in [-0.2, 0) is 25.5 Å². The molecule has 8 heterocycles. The van der Waals surface area contributed by atoms with Gasteiger partial charge in [0, 0.05) is 113 Å². The molecule has 2 bridgehead atoms. The minimum Gasteiger partial charge on any atom is -0.507 e. The number of hydrogen-bond acceptors (Lipinski definition) is 18. The van der Waals surface area contributed by atoms with E-state index in [1.807, 2.05) is 101 Å². The minimum atomic E-state index is -0.940. The normalized spacial score (nSPS) is 22.6. The number of aliphatic hydroxyl groups excluding tert-OH is 1. The Morgan fingerprint density at radius 2 is 1.61 bits per heavy atom. The molecule has 4 aromatic heterocycles. The number of aliphatic hydroxyl groups is 1. The molecule has 5 aliphatic rings. The summed E-state index contributed by atoms with van der Waals surface area (Å²) in [7, 11) is 0. The van der Waals surface area contributed by atoms with Crippen molar-refractivity contribution in [2.24, 2.45) is 5.41 Å². The third kappa shape index (κ3) is 12.6. The number of rotatable bonds is 18. The number of likely N-dealkylation sites (tertiary alicyclic amines) is 1. The summed E-state index contributed by atoms with van der Waals surface area (Å²) in [5.41, 5.74) is 14.3. The fourth-order valence-corrected chi connectivity index (χ4v) is 13.0. The van der Waals surface area contributed by atoms with Gasteiger partial charge in [0.25, 0.3) is 0 Å². The van der Waals surface area contributed by atoms with Crippen molar-refractivity contribution in [3.8, 4) is 33.3 Å². The number of aromatic hydroxyl groups is 1. The van der Waals surface area contributed by atoms with Gasteiger partial charge in [-0.3, -0.25) is 19.3 Å². The second-order valence-electron chi connectivity index (χ2n) is 23.7. The number of pyridine rings is 2. The SMILES string of the molecule is Cc1ncsc1-c1ccc([C@H](C)NC(=O)[C@@H]2C[C@@H](O)CN2C(=O)[C@@H](NC(=O)Cc2ccc(N3CCN(CCOC4CC(Oc5cc(N6C7CC[C@@H]6CN(c6cc(-c8ccccc8O)nnc6N)C7)ccn5)C4)CC3)nc2)C(C)(C)C)cc1. The second kappa shape index (κ2) is 24.2. The lowest BCUT2D eigenvalue weighted by molar-refractivity contribution is -0.144. The number of hydrogen-bond donors (Lipinski definition) is 5. The number of nitrogen functional groups attached to an aromatic ring is 1. The number of carbonyl (C=O) groups is 3. The number of thiazole rings is 1. The van der Waals surface area contributed by atoms with E-state index in [1.165, 1.54) is 4.90 Å². The first-order valence-corrected chi connectivity index (χ1v) is 29.6. The summed E-state index contributed by atoms with van der Waals surface area (Å²) < 4.78 is 12.7. The first-order chi connectivity index (χ1) is 39.5. The minimum absolute atomic E-state index is 0.00377. The highest BCUT2D eigenvalue weighted by molar-refractivity contribution is 7.13. The molecule has 20 nitrogen and oxygen atoms in total. The Morgan fingerprint density at radius 3 is 2.30 bits per heavy atom. The van der Waals surface area contributed by atoms with Gasteiger partial charge in [0.2, 0.25) is 23.6 Å². The Morgan fingerprint density at radius 1 is 0.854 bits per heavy atom. The van der Waals surface area contributed by atoms with Crippen molar-refractivity contribution >= 4 is 52.1 Å². The molecule has 3 amide bonds. The zero-order chi connectivity index (χ0) is 57.2. The van der Waals surface area contributed by atoms with E-state index >= 15 is 0 Å². The third-order valence-electron chi connectivity index (χ3n) is 16.9. The lowest BCUT2D eigenvalue weighted by Crippen LogP contribution is -2.58. The molecular formula is C61H75N13O7S. The van der Waals surface area contributed by atoms with Crippen molar-refractivity contribution in [3.05, 3.63) is 114 Å². The van der Waals surface area contributed by atoms with E-state index in [9.17, 15) is 24.6 Å². The number of amides is 3. The van der Waals surface area contributed by atoms with Crippen molar-refractivity contribution in [3.63, 3.8) is 0 Å². The molecule has 4 saturated heterocycles. The van der Waals surface area contributed by atoms with Gasteiger partial charge in [-0.1, -0.05) is 63.2 Å². The molecule has 432 valence electrons. The van der Waals surface area contributed by atoms with Crippen molar-refractivity contribution < 1.29 is 34.1 Å². The second-order valence-corrected chi connectivity index (χ2v) is 24.5. The standard InChI is InChI=1S/C61H75N13O7S/c1-37(40-11-13-41(14-12-40)56-38(2)65-36-82-56)66-59(78)51-28-45(75)35-73(51)60(79)57(61(3,4)5)67-54(77)26-39-10-17-53(64-32-39)71-22-20-70(21-23-71)24-25-80-46-29-47(30-46)81-55-27-42(18-19-63-55)74-43-15-16-44(74)34-72(33-43)50-31-49(68-69-58(50)62)48-8-6-7-9-52(48)76/h6-14,17-19,27,31-32,36-37,43-47,51,57,75-76H,15-16,20-26,28-30,33-35H2,1-5H3,(H2,62,69)(H,66,78)(H,67,77)/t37-,43+,44?,45+,46?,47?,51-,57+/m0/s1. The number of nitrogens with one attached hydrogen (secondary N) is 2. The van der Waals surface area contributed by atoms with Gasteiger partial charge < -0.3 is 55.7 Å². The number of phenolic OH excluding ortho intramolecular Hbond substituents is 1. The zero-order valence-corrected chi connectivity index (χ0v) is 48.2. The quantitative estimate of drug-likeness (QED) is 0.0646. The van der Waals surface area contributed by atoms with Crippen molar-refractivity contribution in [1.82, 2.24) is 45.6 Å². The maximum Gasteiger partial charge on any atom is 0.246 e. The number of ether oxygens (including phenoxy) is 2. The Bertz CT molecular complexity index is 3200. The van der Waals surface area contributed by atoms with Crippen LogP contribution in [0.25, 0.3) is 21.7 Å². The molecule has 4 aliphatic heterocycles. The van der Waals surface area contributed by atoms with Crippen LogP contribution in [0.4, 0.5) is 23.0 Å². The lowest BCUT2D eigenvalue weighted by Gasteiger charge is -2.43. The summed E-state index contributed by atoms with van der Waals surface area (Å²) in [6.07, 6.45) is 6.80. The van der Waals surface area contributed by atoms with E-state index in [4.69, 9.17) is 20.2 Å². The first-order valence-electron chi connectivity index (χ1n) is 28.7. The molecule has 5 fully saturated rings. The highest BCUT2D eigenvalue weighted by Crippen LogP contribution is 2.40. The number of nitrogens with two attached hydrogens (primary N) is 1. The maximum absolute atomic E-state index is 14.3. The molecule has 6 aromatic rings. The molecule has 21 heteroatoms. The summed E-state index contributed by atoms with van der Waals surface area (Å²) in [4.78, 5) is 67.4. The average Bonchev–Trinajstić information content (AvgIpc) is 4.25. The molecule has 6 N–H and O–H groups in total. The fraction of sp³-hybridized carbons (Fsp3) is 0.475. The highest BCUT2D eigenvalue weighted by atomic mass is 32.1. The van der Waals surface area contributed by atoms with Gasteiger partial charge in [-0.15, -0.1) is 21.5 Å². The molecule has 1 aliphatic carbocycles. The highest BCUT2D eigenvalue weighted by Gasteiger charge is 2.45. The number of para-hydroxylation sites is 1. The Balaban J connectivity index is 0.591. The monoisotopic (exact) mass is 1130 g/mol. The van der Waals surface area contributed by atoms with Gasteiger partial charge in [0.1, 0.15) is 29.8 Å². The van der Waals surface area contributed by atoms with E-state index in [1.54, 1.807) is 29.7 Å². The van der Waals surface area contributed by atoms with Gasteiger partial charge in [-0.05, 0) is 79.1 Å². The summed E-state index contributed by atoms with van der Waals surface area (Å²) >= 11 is 1.58. The number of aryl methyl sites for hydroxylation is 1. The van der Waals surface area contributed by atoms with Crippen LogP contribution in [0, 0.1) is 12.3 Å². The number of nitrogens with zero attached hydrogens (tertiary/aromatic N) is 10. The molecule has 1 saturated carbocycles. The van der Waals surface area contributed by atoms with Gasteiger partial charge in [-0.2, -0.15) is 0 Å². The number of carbonyl (C=O) groups excluding carboxylic acids is 3. The van der Waals surface area contributed by atoms with Crippen LogP contribution >= 0.6 is 11.3 Å². The predicted octanol–water partition coefficient (Wildman–Crippen LogP) is 6.17. The van der Waals surface area contributed by atoms with Crippen LogP contribution in [0.3, 0.4) is 0 Å². The Kier molecular flexibility index (Phi) is 16.6. The average molecular weight is 1130 g/mol. The summed E-state index contributed by atoms with van der Waals surface area (Å²) in [6.45, 7) is 15.9. The van der Waals surface area contributed by atoms with Gasteiger partial charge in [0.15, 0.2) is 5.82 Å². The first kappa shape index (κ1) is 56.4. The topological polar surface area (TPSA) is 241 Å². The van der Waals surface area contributed by atoms with Crippen LogP contribution in [0.1, 0.15) is 82.7 Å². The van der Waals surface area contributed by atoms with Crippen LogP contribution in [0.2, 0.25) is 0 Å². The van der Waals surface area contributed by atoms with Gasteiger partial charge in [-0.25, -0.2) is 15.0 Å². The molecule has 0 spiro atoms. The molecular weight excluding hydrogens is 1060 g/mol. The van der Waals surface area contributed by atoms with Crippen LogP contribution in [0.15, 0.2) is 96.8 Å². The molecule has 2 aromatic carbocycles. The maximum atomic E-state index is 14.3. The van der Waals surface area contributed by atoms with Gasteiger partial charge in [0.05, 0.1) is 58.7 Å². The van der Waals surface area contributed by atoms with E-state index in [-0.39, 0.29) is 67.3 Å². The molecule has 82 heavy (non-hydrogen) atoms. The number of fused-ring (bicyclic) bond motifs is 2. The summed E-state index contributed by atoms with van der Waals surface area (Å²) in [5.74, 6) is 0.923. The molecule has 6 atom stereocenters. The van der Waals surface area contributed by atoms with E-state index in [0.717, 1.165) is 116 Å². The smallest absolute Gasteiger partial charge is 0.246 e. The van der Waals surface area contributed by atoms with Crippen LogP contribution in [0.5, 0.6) is 11.6 Å². The number of aromatic nitrogens is 5. The third-order valence-corrected chi connectivity index (χ3v) is 17.8. The Labute approximate surface area is 483 Å². The van der Waals surface area contributed by atoms with Crippen molar-refractivity contribution in [1.29, 1.82) is 0 Å². The molecule has 0 radical (unpaired) electrons. The van der Waals surface area contributed by atoms with Crippen LogP contribution < -0.4 is 35.8 Å². The van der Waals surface area contributed by atoms with Gasteiger partial charge >= 0.3 is 0 Å². The number of piperazine rings is 2. The molecule has 1 unspecified atom stereocenters. The lowest BCUT2D eigenvalue weighted by atomic mass is 9.85. The van der Waals surface area contributed by atoms with Crippen molar-refractivity contribution in [2.75, 3.05) is 79.4 Å². The molecule has 11 rings (SSSR count). The predicted molar refractivity (Wildman–Crippen MR) is 316 cm³/mol. The van der Waals surface area contributed by atoms with Crippen LogP contribution in [-0.4, -0.2) is 164 Å². The van der Waals surface area contributed by atoms with Crippen molar-refractivity contribution in [2.45, 2.75) is 122 Å². The summed E-state index contributed by atoms with van der Waals surface area (Å²) in [6, 6.07) is 23.5. The number of benzene rings is 2. The fourth-order valence-electron chi connectivity index (χ4n) is 12.2.